The average molecular weight is 328 g/mol. The zero-order valence-corrected chi connectivity index (χ0v) is 13.2. The van der Waals surface area contributed by atoms with Crippen LogP contribution in [-0.4, -0.2) is 28.3 Å². The van der Waals surface area contributed by atoms with Crippen LogP contribution in [0.25, 0.3) is 0 Å². The summed E-state index contributed by atoms with van der Waals surface area (Å²) in [6.45, 7) is 0. The molecule has 114 valence electrons. The molecule has 0 radical (unpaired) electrons. The van der Waals surface area contributed by atoms with Gasteiger partial charge in [-0.3, -0.25) is 9.59 Å². The van der Waals surface area contributed by atoms with E-state index in [0.717, 1.165) is 30.6 Å². The third kappa shape index (κ3) is 4.64. The number of rotatable bonds is 6. The molecule has 4 nitrogen and oxygen atoms in total. The number of thioether (sulfide) groups is 1. The van der Waals surface area contributed by atoms with Gasteiger partial charge in [-0.1, -0.05) is 36.6 Å². The maximum Gasteiger partial charge on any atom is 0.305 e. The third-order valence-electron chi connectivity index (χ3n) is 3.65. The van der Waals surface area contributed by atoms with Crippen LogP contribution in [0.15, 0.2) is 29.2 Å². The molecule has 1 saturated carbocycles. The van der Waals surface area contributed by atoms with E-state index in [9.17, 15) is 9.59 Å². The molecule has 1 amide bonds. The Kier molecular flexibility index (Phi) is 5.53. The molecule has 0 heterocycles. The highest BCUT2D eigenvalue weighted by Gasteiger charge is 2.37. The first kappa shape index (κ1) is 16.2. The number of carbonyl (C=O) groups excluding carboxylic acids is 1. The number of carbonyl (C=O) groups is 2. The molecule has 0 spiro atoms. The Morgan fingerprint density at radius 3 is 2.57 bits per heavy atom. The monoisotopic (exact) mass is 327 g/mol. The van der Waals surface area contributed by atoms with Crippen molar-refractivity contribution in [3.8, 4) is 0 Å². The summed E-state index contributed by atoms with van der Waals surface area (Å²) in [5, 5.41) is 12.6. The highest BCUT2D eigenvalue weighted by molar-refractivity contribution is 8.00. The molecule has 1 aliphatic rings. The van der Waals surface area contributed by atoms with Gasteiger partial charge in [-0.2, -0.15) is 0 Å². The Morgan fingerprint density at radius 1 is 1.29 bits per heavy atom. The van der Waals surface area contributed by atoms with Crippen molar-refractivity contribution in [2.75, 3.05) is 5.75 Å². The van der Waals surface area contributed by atoms with E-state index in [2.05, 4.69) is 5.32 Å². The standard InChI is InChI=1S/C15H18ClNO3S/c16-11-5-1-2-6-12(11)21-10-13(18)17-15(9-14(19)20)7-3-4-8-15/h1-2,5-6H,3-4,7-10H2,(H,17,18)(H,19,20). The molecule has 0 bridgehead atoms. The van der Waals surface area contributed by atoms with Crippen LogP contribution in [0, 0.1) is 0 Å². The van der Waals surface area contributed by atoms with Gasteiger partial charge in [-0.15, -0.1) is 11.8 Å². The Balaban J connectivity index is 1.91. The van der Waals surface area contributed by atoms with Crippen LogP contribution in [0.4, 0.5) is 0 Å². The van der Waals surface area contributed by atoms with Gasteiger partial charge in [0.2, 0.25) is 5.91 Å². The highest BCUT2D eigenvalue weighted by atomic mass is 35.5. The molecule has 21 heavy (non-hydrogen) atoms. The quantitative estimate of drug-likeness (QED) is 0.786. The van der Waals surface area contributed by atoms with Crippen molar-refractivity contribution in [2.24, 2.45) is 0 Å². The van der Waals surface area contributed by atoms with Crippen LogP contribution in [0.5, 0.6) is 0 Å². The second-order valence-corrected chi connectivity index (χ2v) is 6.75. The third-order valence-corrected chi connectivity index (χ3v) is 5.17. The summed E-state index contributed by atoms with van der Waals surface area (Å²) in [5.74, 6) is -0.760. The van der Waals surface area contributed by atoms with Crippen LogP contribution < -0.4 is 5.32 Å². The molecule has 1 aromatic rings. The smallest absolute Gasteiger partial charge is 0.305 e. The molecular weight excluding hydrogens is 310 g/mol. The maximum absolute atomic E-state index is 12.1. The van der Waals surface area contributed by atoms with Crippen molar-refractivity contribution in [1.29, 1.82) is 0 Å². The fraction of sp³-hybridized carbons (Fsp3) is 0.467. The molecule has 0 aliphatic heterocycles. The molecule has 0 atom stereocenters. The summed E-state index contributed by atoms with van der Waals surface area (Å²) in [6.07, 6.45) is 3.40. The first-order chi connectivity index (χ1) is 10.0. The number of hydrogen-bond acceptors (Lipinski definition) is 3. The normalized spacial score (nSPS) is 16.6. The number of carboxylic acid groups (broad SMARTS) is 1. The van der Waals surface area contributed by atoms with Gasteiger partial charge in [0.1, 0.15) is 0 Å². The second kappa shape index (κ2) is 7.18. The fourth-order valence-corrected chi connectivity index (χ4v) is 3.76. The predicted octanol–water partition coefficient (Wildman–Crippen LogP) is 3.34. The summed E-state index contributed by atoms with van der Waals surface area (Å²) in [4.78, 5) is 23.9. The molecular formula is C15H18ClNO3S. The minimum atomic E-state index is -0.865. The van der Waals surface area contributed by atoms with Crippen molar-refractivity contribution in [3.63, 3.8) is 0 Å². The first-order valence-corrected chi connectivity index (χ1v) is 8.27. The number of benzene rings is 1. The van der Waals surface area contributed by atoms with Crippen LogP contribution in [0.1, 0.15) is 32.1 Å². The molecule has 1 aromatic carbocycles. The van der Waals surface area contributed by atoms with Gasteiger partial charge in [0.15, 0.2) is 0 Å². The number of hydrogen-bond donors (Lipinski definition) is 2. The summed E-state index contributed by atoms with van der Waals surface area (Å²) in [7, 11) is 0. The van der Waals surface area contributed by atoms with E-state index in [0.29, 0.717) is 5.02 Å². The van der Waals surface area contributed by atoms with Gasteiger partial charge in [0, 0.05) is 4.90 Å². The van der Waals surface area contributed by atoms with Gasteiger partial charge in [0.25, 0.3) is 0 Å². The zero-order valence-electron chi connectivity index (χ0n) is 11.6. The Labute approximate surface area is 133 Å². The molecule has 2 N–H and O–H groups in total. The summed E-state index contributed by atoms with van der Waals surface area (Å²) in [5.41, 5.74) is -0.566. The Hall–Kier alpha value is -1.20. The summed E-state index contributed by atoms with van der Waals surface area (Å²) >= 11 is 7.41. The topological polar surface area (TPSA) is 66.4 Å². The van der Waals surface area contributed by atoms with E-state index in [4.69, 9.17) is 16.7 Å². The molecule has 2 rings (SSSR count). The lowest BCUT2D eigenvalue weighted by molar-refractivity contribution is -0.139. The van der Waals surface area contributed by atoms with Gasteiger partial charge >= 0.3 is 5.97 Å². The minimum absolute atomic E-state index is 0.00446. The number of aliphatic carboxylic acids is 1. The van der Waals surface area contributed by atoms with Crippen LogP contribution >= 0.6 is 23.4 Å². The van der Waals surface area contributed by atoms with E-state index in [1.807, 2.05) is 18.2 Å². The van der Waals surface area contributed by atoms with E-state index < -0.39 is 11.5 Å². The molecule has 0 saturated heterocycles. The van der Waals surface area contributed by atoms with E-state index >= 15 is 0 Å². The number of amides is 1. The second-order valence-electron chi connectivity index (χ2n) is 5.33. The lowest BCUT2D eigenvalue weighted by Gasteiger charge is -2.28. The average Bonchev–Trinajstić information content (AvgIpc) is 2.85. The van der Waals surface area contributed by atoms with Crippen molar-refractivity contribution in [3.05, 3.63) is 29.3 Å². The Morgan fingerprint density at radius 2 is 1.95 bits per heavy atom. The molecule has 1 aliphatic carbocycles. The lowest BCUT2D eigenvalue weighted by Crippen LogP contribution is -2.48. The van der Waals surface area contributed by atoms with E-state index in [-0.39, 0.29) is 18.1 Å². The van der Waals surface area contributed by atoms with Crippen molar-refractivity contribution < 1.29 is 14.7 Å². The van der Waals surface area contributed by atoms with Crippen molar-refractivity contribution in [1.82, 2.24) is 5.32 Å². The van der Waals surface area contributed by atoms with Gasteiger partial charge < -0.3 is 10.4 Å². The molecule has 1 fully saturated rings. The largest absolute Gasteiger partial charge is 0.481 e. The number of halogens is 1. The molecule has 0 unspecified atom stereocenters. The van der Waals surface area contributed by atoms with Gasteiger partial charge in [0.05, 0.1) is 22.7 Å². The van der Waals surface area contributed by atoms with Crippen molar-refractivity contribution in [2.45, 2.75) is 42.5 Å². The Bertz CT molecular complexity index is 529. The van der Waals surface area contributed by atoms with E-state index in [1.54, 1.807) is 6.07 Å². The summed E-state index contributed by atoms with van der Waals surface area (Å²) < 4.78 is 0. The summed E-state index contributed by atoms with van der Waals surface area (Å²) in [6, 6.07) is 7.36. The highest BCUT2D eigenvalue weighted by Crippen LogP contribution is 2.33. The van der Waals surface area contributed by atoms with Crippen LogP contribution in [-0.2, 0) is 9.59 Å². The minimum Gasteiger partial charge on any atom is -0.481 e. The SMILES string of the molecule is O=C(O)CC1(NC(=O)CSc2ccccc2Cl)CCCC1. The van der Waals surface area contributed by atoms with Crippen LogP contribution in [0.3, 0.4) is 0 Å². The molecule has 6 heteroatoms. The van der Waals surface area contributed by atoms with Crippen molar-refractivity contribution >= 4 is 35.2 Å². The van der Waals surface area contributed by atoms with Crippen LogP contribution in [0.2, 0.25) is 5.02 Å². The number of carboxylic acids is 1. The first-order valence-electron chi connectivity index (χ1n) is 6.91. The zero-order chi connectivity index (χ0) is 15.3. The molecule has 0 aromatic heterocycles. The fourth-order valence-electron chi connectivity index (χ4n) is 2.72. The van der Waals surface area contributed by atoms with Gasteiger partial charge in [-0.05, 0) is 25.0 Å². The predicted molar refractivity (Wildman–Crippen MR) is 83.8 cm³/mol. The number of nitrogens with one attached hydrogen (secondary N) is 1. The lowest BCUT2D eigenvalue weighted by atomic mass is 9.93. The van der Waals surface area contributed by atoms with E-state index in [1.165, 1.54) is 11.8 Å². The van der Waals surface area contributed by atoms with Gasteiger partial charge in [-0.25, -0.2) is 0 Å². The maximum atomic E-state index is 12.1.